The molecule has 0 saturated carbocycles. The molecule has 0 aromatic heterocycles. The number of rotatable bonds is 6. The van der Waals surface area contributed by atoms with Gasteiger partial charge >= 0.3 is 0 Å². The predicted octanol–water partition coefficient (Wildman–Crippen LogP) is 2.85. The Balaban J connectivity index is 2.23. The van der Waals surface area contributed by atoms with E-state index >= 15 is 0 Å². The Morgan fingerprint density at radius 1 is 1.00 bits per heavy atom. The molecule has 2 aromatic carbocycles. The van der Waals surface area contributed by atoms with E-state index in [-0.39, 0.29) is 12.6 Å². The summed E-state index contributed by atoms with van der Waals surface area (Å²) in [6.07, 6.45) is 0. The van der Waals surface area contributed by atoms with Crippen molar-refractivity contribution in [2.45, 2.75) is 6.04 Å². The summed E-state index contributed by atoms with van der Waals surface area (Å²) in [6.45, 7) is 0.00351. The van der Waals surface area contributed by atoms with Crippen molar-refractivity contribution in [3.8, 4) is 11.5 Å². The molecule has 0 aliphatic heterocycles. The van der Waals surface area contributed by atoms with E-state index in [1.54, 1.807) is 14.2 Å². The fraction of sp³-hybridized carbons (Fsp3) is 0.250. The van der Waals surface area contributed by atoms with Gasteiger partial charge in [-0.1, -0.05) is 30.3 Å². The lowest BCUT2D eigenvalue weighted by atomic mass is 10.1. The van der Waals surface area contributed by atoms with Gasteiger partial charge in [-0.3, -0.25) is 0 Å². The van der Waals surface area contributed by atoms with Crippen LogP contribution in [0.4, 0.5) is 5.69 Å². The van der Waals surface area contributed by atoms with E-state index < -0.39 is 0 Å². The summed E-state index contributed by atoms with van der Waals surface area (Å²) in [7, 11) is 3.22. The molecular weight excluding hydrogens is 254 g/mol. The van der Waals surface area contributed by atoms with Gasteiger partial charge < -0.3 is 19.9 Å². The summed E-state index contributed by atoms with van der Waals surface area (Å²) in [6, 6.07) is 15.2. The van der Waals surface area contributed by atoms with Gasteiger partial charge in [0.25, 0.3) is 0 Å². The van der Waals surface area contributed by atoms with Crippen molar-refractivity contribution in [3.05, 3.63) is 54.1 Å². The lowest BCUT2D eigenvalue weighted by Gasteiger charge is -2.19. The number of methoxy groups -OCH3 is 2. The first-order chi connectivity index (χ1) is 9.76. The lowest BCUT2D eigenvalue weighted by molar-refractivity contribution is 0.276. The zero-order valence-corrected chi connectivity index (χ0v) is 11.7. The Hall–Kier alpha value is -2.20. The van der Waals surface area contributed by atoms with Gasteiger partial charge in [0, 0.05) is 23.9 Å². The maximum atomic E-state index is 9.57. The van der Waals surface area contributed by atoms with Crippen molar-refractivity contribution in [1.29, 1.82) is 0 Å². The Bertz CT molecular complexity index is 520. The summed E-state index contributed by atoms with van der Waals surface area (Å²) in [5.74, 6) is 1.41. The van der Waals surface area contributed by atoms with Gasteiger partial charge in [0.2, 0.25) is 0 Å². The number of benzene rings is 2. The van der Waals surface area contributed by atoms with E-state index in [9.17, 15) is 5.11 Å². The summed E-state index contributed by atoms with van der Waals surface area (Å²) in [5.41, 5.74) is 1.86. The monoisotopic (exact) mass is 273 g/mol. The Kier molecular flexibility index (Phi) is 4.85. The van der Waals surface area contributed by atoms with Crippen LogP contribution in [0, 0.1) is 0 Å². The van der Waals surface area contributed by atoms with Gasteiger partial charge in [-0.2, -0.15) is 0 Å². The Morgan fingerprint density at radius 2 is 1.60 bits per heavy atom. The molecule has 106 valence electrons. The van der Waals surface area contributed by atoms with E-state index in [1.165, 1.54) is 0 Å². The number of aliphatic hydroxyl groups is 1. The zero-order valence-electron chi connectivity index (χ0n) is 11.7. The molecule has 0 aliphatic rings. The molecule has 2 N–H and O–H groups in total. The third-order valence-electron chi connectivity index (χ3n) is 3.08. The highest BCUT2D eigenvalue weighted by Gasteiger charge is 2.11. The topological polar surface area (TPSA) is 50.7 Å². The third-order valence-corrected chi connectivity index (χ3v) is 3.08. The zero-order chi connectivity index (χ0) is 14.4. The third kappa shape index (κ3) is 3.42. The molecule has 4 heteroatoms. The van der Waals surface area contributed by atoms with Crippen molar-refractivity contribution in [2.75, 3.05) is 26.1 Å². The molecule has 0 heterocycles. The second kappa shape index (κ2) is 6.82. The van der Waals surface area contributed by atoms with Crippen LogP contribution in [-0.2, 0) is 0 Å². The molecule has 2 rings (SSSR count). The average Bonchev–Trinajstić information content (AvgIpc) is 2.53. The van der Waals surface area contributed by atoms with Crippen molar-refractivity contribution in [1.82, 2.24) is 0 Å². The molecule has 1 unspecified atom stereocenters. The molecule has 20 heavy (non-hydrogen) atoms. The fourth-order valence-electron chi connectivity index (χ4n) is 2.01. The van der Waals surface area contributed by atoms with Crippen molar-refractivity contribution >= 4 is 5.69 Å². The molecule has 0 saturated heterocycles. The van der Waals surface area contributed by atoms with Crippen LogP contribution in [0.5, 0.6) is 11.5 Å². The number of aliphatic hydroxyl groups excluding tert-OH is 1. The highest BCUT2D eigenvalue weighted by atomic mass is 16.5. The van der Waals surface area contributed by atoms with Crippen LogP contribution in [0.25, 0.3) is 0 Å². The van der Waals surface area contributed by atoms with E-state index in [0.717, 1.165) is 11.3 Å². The van der Waals surface area contributed by atoms with Crippen LogP contribution >= 0.6 is 0 Å². The van der Waals surface area contributed by atoms with E-state index in [4.69, 9.17) is 9.47 Å². The van der Waals surface area contributed by atoms with Crippen molar-refractivity contribution < 1.29 is 14.6 Å². The van der Waals surface area contributed by atoms with Gasteiger partial charge in [0.15, 0.2) is 0 Å². The number of hydrogen-bond acceptors (Lipinski definition) is 4. The SMILES string of the molecule is COc1cc(NC(CO)c2ccccc2)cc(OC)c1. The highest BCUT2D eigenvalue weighted by Crippen LogP contribution is 2.28. The van der Waals surface area contributed by atoms with Gasteiger partial charge in [-0.05, 0) is 5.56 Å². The first-order valence-electron chi connectivity index (χ1n) is 6.42. The van der Waals surface area contributed by atoms with Crippen molar-refractivity contribution in [2.24, 2.45) is 0 Å². The summed E-state index contributed by atoms with van der Waals surface area (Å²) < 4.78 is 10.5. The van der Waals surface area contributed by atoms with Crippen LogP contribution < -0.4 is 14.8 Å². The molecule has 0 radical (unpaired) electrons. The maximum Gasteiger partial charge on any atom is 0.124 e. The van der Waals surface area contributed by atoms with Gasteiger partial charge in [-0.15, -0.1) is 0 Å². The smallest absolute Gasteiger partial charge is 0.124 e. The standard InChI is InChI=1S/C16H19NO3/c1-19-14-8-13(9-15(10-14)20-2)17-16(11-18)12-6-4-3-5-7-12/h3-10,16-18H,11H2,1-2H3. The normalized spacial score (nSPS) is 11.8. The molecule has 2 aromatic rings. The predicted molar refractivity (Wildman–Crippen MR) is 79.4 cm³/mol. The number of nitrogens with one attached hydrogen (secondary N) is 1. The summed E-state index contributed by atoms with van der Waals surface area (Å²) in [5, 5.41) is 12.9. The quantitative estimate of drug-likeness (QED) is 0.849. The van der Waals surface area contributed by atoms with Gasteiger partial charge in [0.1, 0.15) is 11.5 Å². The summed E-state index contributed by atoms with van der Waals surface area (Å²) >= 11 is 0. The molecule has 4 nitrogen and oxygen atoms in total. The molecule has 0 spiro atoms. The Morgan fingerprint density at radius 3 is 2.10 bits per heavy atom. The van der Waals surface area contributed by atoms with Crippen LogP contribution in [0.2, 0.25) is 0 Å². The molecule has 0 aliphatic carbocycles. The molecular formula is C16H19NO3. The lowest BCUT2D eigenvalue weighted by Crippen LogP contribution is -2.14. The van der Waals surface area contributed by atoms with E-state index in [1.807, 2.05) is 48.5 Å². The molecule has 1 atom stereocenters. The van der Waals surface area contributed by atoms with Crippen LogP contribution in [0.15, 0.2) is 48.5 Å². The Labute approximate surface area is 119 Å². The first kappa shape index (κ1) is 14.2. The molecule has 0 amide bonds. The minimum Gasteiger partial charge on any atom is -0.497 e. The maximum absolute atomic E-state index is 9.57. The number of ether oxygens (including phenoxy) is 2. The minimum atomic E-state index is -0.173. The second-order valence-corrected chi connectivity index (χ2v) is 4.39. The van der Waals surface area contributed by atoms with Gasteiger partial charge in [-0.25, -0.2) is 0 Å². The van der Waals surface area contributed by atoms with Gasteiger partial charge in [0.05, 0.1) is 26.9 Å². The number of hydrogen-bond donors (Lipinski definition) is 2. The summed E-state index contributed by atoms with van der Waals surface area (Å²) in [4.78, 5) is 0. The average molecular weight is 273 g/mol. The van der Waals surface area contributed by atoms with Crippen LogP contribution in [-0.4, -0.2) is 25.9 Å². The second-order valence-electron chi connectivity index (χ2n) is 4.39. The highest BCUT2D eigenvalue weighted by molar-refractivity contribution is 5.55. The minimum absolute atomic E-state index is 0.00351. The van der Waals surface area contributed by atoms with E-state index in [2.05, 4.69) is 5.32 Å². The van der Waals surface area contributed by atoms with Crippen LogP contribution in [0.3, 0.4) is 0 Å². The largest absolute Gasteiger partial charge is 0.497 e. The molecule has 0 fully saturated rings. The number of anilines is 1. The van der Waals surface area contributed by atoms with Crippen molar-refractivity contribution in [3.63, 3.8) is 0 Å². The van der Waals surface area contributed by atoms with E-state index in [0.29, 0.717) is 11.5 Å². The fourth-order valence-corrected chi connectivity index (χ4v) is 2.01. The molecule has 0 bridgehead atoms. The van der Waals surface area contributed by atoms with Crippen LogP contribution in [0.1, 0.15) is 11.6 Å². The first-order valence-corrected chi connectivity index (χ1v) is 6.42.